The van der Waals surface area contributed by atoms with Gasteiger partial charge in [0.2, 0.25) is 15.9 Å². The van der Waals surface area contributed by atoms with E-state index in [2.05, 4.69) is 21.6 Å². The van der Waals surface area contributed by atoms with E-state index in [-0.39, 0.29) is 19.4 Å². The van der Waals surface area contributed by atoms with Gasteiger partial charge in [0.25, 0.3) is 5.91 Å². The molecule has 3 amide bonds. The second kappa shape index (κ2) is 12.4. The van der Waals surface area contributed by atoms with E-state index in [4.69, 9.17) is 19.2 Å². The van der Waals surface area contributed by atoms with Crippen LogP contribution < -0.4 is 19.5 Å². The predicted octanol–water partition coefficient (Wildman–Crippen LogP) is 3.73. The van der Waals surface area contributed by atoms with Crippen molar-refractivity contribution in [1.82, 2.24) is 24.9 Å². The lowest BCUT2D eigenvalue weighted by Gasteiger charge is -2.29. The molecule has 3 fully saturated rings. The Kier molecular flexibility index (Phi) is 8.56. The molecule has 1 aliphatic heterocycles. The molecule has 2 aliphatic carbocycles. The lowest BCUT2D eigenvalue weighted by atomic mass is 10.1. The van der Waals surface area contributed by atoms with Gasteiger partial charge in [0.05, 0.1) is 35.8 Å². The monoisotopic (exact) mass is 677 g/mol. The number of hydrogen-bond donors (Lipinski definition) is 2. The number of aromatic nitrogens is 2. The fourth-order valence-corrected chi connectivity index (χ4v) is 7.26. The molecule has 2 aromatic heterocycles. The second-order valence-electron chi connectivity index (χ2n) is 13.4. The summed E-state index contributed by atoms with van der Waals surface area (Å²) in [6, 6.07) is 11.6. The molecule has 0 radical (unpaired) electrons. The minimum atomic E-state index is -3.86. The number of carbonyl (C=O) groups excluding carboxylic acids is 3. The number of nitrogens with one attached hydrogen (secondary N) is 2. The average Bonchev–Trinajstić information content (AvgIpc) is 3.97. The van der Waals surface area contributed by atoms with Crippen molar-refractivity contribution in [2.45, 2.75) is 75.0 Å². The fourth-order valence-electron chi connectivity index (χ4n) is 5.90. The number of methoxy groups -OCH3 is 1. The van der Waals surface area contributed by atoms with E-state index in [0.29, 0.717) is 46.6 Å². The fraction of sp³-hybridized carbons (Fsp3) is 0.441. The Labute approximate surface area is 279 Å². The van der Waals surface area contributed by atoms with Gasteiger partial charge < -0.3 is 19.5 Å². The van der Waals surface area contributed by atoms with Crippen LogP contribution in [0.2, 0.25) is 0 Å². The summed E-state index contributed by atoms with van der Waals surface area (Å²) in [5.74, 6) is -0.858. The SMILES string of the molecule is C=C[C@@H]1C[C@]1(NC(=O)[C@@H]1C[C@@H](Oc2cc(-c3ccccn3)nc3cc(OC)ccc23)CN1C(=O)OC(C)(C)C)C(=O)NS(=O)(=O)C1CC1. The maximum absolute atomic E-state index is 14.0. The van der Waals surface area contributed by atoms with Crippen LogP contribution in [0.15, 0.2) is 61.3 Å². The molecule has 0 bridgehead atoms. The molecule has 3 aliphatic rings. The van der Waals surface area contributed by atoms with Gasteiger partial charge in [-0.3, -0.25) is 24.2 Å². The lowest BCUT2D eigenvalue weighted by molar-refractivity contribution is -0.131. The first kappa shape index (κ1) is 33.2. The van der Waals surface area contributed by atoms with Gasteiger partial charge in [0.1, 0.15) is 34.8 Å². The van der Waals surface area contributed by atoms with Gasteiger partial charge in [-0.1, -0.05) is 12.1 Å². The van der Waals surface area contributed by atoms with Crippen LogP contribution in [0.5, 0.6) is 11.5 Å². The zero-order valence-electron chi connectivity index (χ0n) is 27.3. The minimum absolute atomic E-state index is 0.00599. The largest absolute Gasteiger partial charge is 0.497 e. The summed E-state index contributed by atoms with van der Waals surface area (Å²) in [6.45, 7) is 8.92. The summed E-state index contributed by atoms with van der Waals surface area (Å²) in [5, 5.41) is 2.84. The first-order valence-electron chi connectivity index (χ1n) is 15.8. The van der Waals surface area contributed by atoms with E-state index >= 15 is 0 Å². The number of nitrogens with zero attached hydrogens (tertiary/aromatic N) is 3. The number of amides is 3. The summed E-state index contributed by atoms with van der Waals surface area (Å²) in [7, 11) is -2.29. The third kappa shape index (κ3) is 6.80. The average molecular weight is 678 g/mol. The van der Waals surface area contributed by atoms with E-state index in [0.717, 1.165) is 0 Å². The summed E-state index contributed by atoms with van der Waals surface area (Å²) >= 11 is 0. The number of pyridine rings is 2. The summed E-state index contributed by atoms with van der Waals surface area (Å²) in [4.78, 5) is 51.2. The van der Waals surface area contributed by atoms with Gasteiger partial charge in [-0.15, -0.1) is 6.58 Å². The maximum atomic E-state index is 14.0. The van der Waals surface area contributed by atoms with Crippen LogP contribution >= 0.6 is 0 Å². The molecule has 2 saturated carbocycles. The number of carbonyl (C=O) groups is 3. The number of ether oxygens (including phenoxy) is 3. The molecule has 0 unspecified atom stereocenters. The third-order valence-electron chi connectivity index (χ3n) is 8.64. The zero-order valence-corrected chi connectivity index (χ0v) is 28.1. The lowest BCUT2D eigenvalue weighted by Crippen LogP contribution is -2.56. The van der Waals surface area contributed by atoms with Crippen molar-refractivity contribution in [3.05, 3.63) is 61.3 Å². The van der Waals surface area contributed by atoms with Crippen molar-refractivity contribution in [1.29, 1.82) is 0 Å². The molecule has 6 rings (SSSR count). The quantitative estimate of drug-likeness (QED) is 0.302. The van der Waals surface area contributed by atoms with Gasteiger partial charge in [-0.25, -0.2) is 18.2 Å². The van der Waals surface area contributed by atoms with E-state index in [1.54, 1.807) is 58.3 Å². The van der Waals surface area contributed by atoms with Gasteiger partial charge in [0, 0.05) is 36.1 Å². The van der Waals surface area contributed by atoms with Crippen molar-refractivity contribution >= 4 is 38.8 Å². The van der Waals surface area contributed by atoms with Gasteiger partial charge >= 0.3 is 6.09 Å². The standard InChI is InChI=1S/C34H39N5O8S/c1-6-20-18-34(20,31(41)38-48(43,44)23-11-12-23)37-30(40)28-16-22(19-39(28)32(42)47-33(2,3)4)46-29-17-27(25-9-7-8-14-35-25)36-26-15-21(45-5)10-13-24(26)29/h6-10,13-15,17,20,22-23,28H,1,11-12,16,18-19H2,2-5H3,(H,37,40)(H,38,41)/t20-,22-,28+,34-/m1/s1. The molecular formula is C34H39N5O8S. The van der Waals surface area contributed by atoms with Crippen molar-refractivity contribution in [3.63, 3.8) is 0 Å². The number of fused-ring (bicyclic) bond motifs is 1. The molecule has 13 nitrogen and oxygen atoms in total. The van der Waals surface area contributed by atoms with Crippen LogP contribution in [0.3, 0.4) is 0 Å². The van der Waals surface area contributed by atoms with Crippen molar-refractivity contribution in [2.24, 2.45) is 5.92 Å². The Morgan fingerprint density at radius 2 is 1.88 bits per heavy atom. The van der Waals surface area contributed by atoms with E-state index in [9.17, 15) is 22.8 Å². The Balaban J connectivity index is 1.29. The Bertz CT molecular complexity index is 1880. The van der Waals surface area contributed by atoms with Gasteiger partial charge in [0.15, 0.2) is 0 Å². The molecule has 4 atom stereocenters. The van der Waals surface area contributed by atoms with Crippen molar-refractivity contribution < 1.29 is 37.0 Å². The van der Waals surface area contributed by atoms with Gasteiger partial charge in [-0.2, -0.15) is 0 Å². The second-order valence-corrected chi connectivity index (χ2v) is 15.4. The third-order valence-corrected chi connectivity index (χ3v) is 10.5. The van der Waals surface area contributed by atoms with Crippen LogP contribution in [-0.4, -0.2) is 83.4 Å². The van der Waals surface area contributed by atoms with Crippen molar-refractivity contribution in [3.8, 4) is 22.9 Å². The molecule has 254 valence electrons. The Hall–Kier alpha value is -4.72. The molecule has 3 aromatic rings. The Morgan fingerprint density at radius 3 is 2.50 bits per heavy atom. The molecule has 1 aromatic carbocycles. The molecule has 2 N–H and O–H groups in total. The molecule has 14 heteroatoms. The highest BCUT2D eigenvalue weighted by atomic mass is 32.2. The molecular weight excluding hydrogens is 638 g/mol. The van der Waals surface area contributed by atoms with Crippen LogP contribution in [0.25, 0.3) is 22.3 Å². The number of benzene rings is 1. The van der Waals surface area contributed by atoms with Crippen LogP contribution in [0.1, 0.15) is 46.5 Å². The Morgan fingerprint density at radius 1 is 1.10 bits per heavy atom. The highest BCUT2D eigenvalue weighted by molar-refractivity contribution is 7.91. The van der Waals surface area contributed by atoms with Crippen molar-refractivity contribution in [2.75, 3.05) is 13.7 Å². The molecule has 1 saturated heterocycles. The van der Waals surface area contributed by atoms with E-state index in [1.807, 2.05) is 18.2 Å². The summed E-state index contributed by atoms with van der Waals surface area (Å²) in [6.07, 6.45) is 2.99. The highest BCUT2D eigenvalue weighted by Crippen LogP contribution is 2.45. The smallest absolute Gasteiger partial charge is 0.411 e. The number of hydrogen-bond acceptors (Lipinski definition) is 10. The number of likely N-dealkylation sites (tertiary alicyclic amines) is 1. The summed E-state index contributed by atoms with van der Waals surface area (Å²) in [5.41, 5.74) is -0.572. The highest BCUT2D eigenvalue weighted by Gasteiger charge is 2.62. The maximum Gasteiger partial charge on any atom is 0.411 e. The summed E-state index contributed by atoms with van der Waals surface area (Å²) < 4.78 is 44.9. The minimum Gasteiger partial charge on any atom is -0.497 e. The number of sulfonamides is 1. The normalized spacial score (nSPS) is 23.7. The molecule has 48 heavy (non-hydrogen) atoms. The topological polar surface area (TPSA) is 166 Å². The van der Waals surface area contributed by atoms with E-state index in [1.165, 1.54) is 11.0 Å². The number of rotatable bonds is 10. The first-order valence-corrected chi connectivity index (χ1v) is 17.3. The van der Waals surface area contributed by atoms with Crippen LogP contribution in [0.4, 0.5) is 4.79 Å². The van der Waals surface area contributed by atoms with Crippen LogP contribution in [0, 0.1) is 5.92 Å². The van der Waals surface area contributed by atoms with Crippen LogP contribution in [-0.2, 0) is 24.3 Å². The molecule has 0 spiro atoms. The van der Waals surface area contributed by atoms with Gasteiger partial charge in [-0.05, 0) is 64.3 Å². The zero-order chi connectivity index (χ0) is 34.4. The molecule has 3 heterocycles. The predicted molar refractivity (Wildman–Crippen MR) is 177 cm³/mol. The first-order chi connectivity index (χ1) is 22.7. The van der Waals surface area contributed by atoms with E-state index < -0.39 is 62.4 Å².